The first-order valence-corrected chi connectivity index (χ1v) is 5.34. The molecule has 0 fully saturated rings. The van der Waals surface area contributed by atoms with Gasteiger partial charge in [0.1, 0.15) is 5.76 Å². The summed E-state index contributed by atoms with van der Waals surface area (Å²) in [7, 11) is 0. The van der Waals surface area contributed by atoms with Crippen molar-refractivity contribution in [1.82, 2.24) is 4.98 Å². The second-order valence-corrected chi connectivity index (χ2v) is 4.02. The van der Waals surface area contributed by atoms with Gasteiger partial charge in [-0.1, -0.05) is 24.6 Å². The molecule has 84 valence electrons. The molecule has 1 aromatic carbocycles. The summed E-state index contributed by atoms with van der Waals surface area (Å²) in [6.07, 6.45) is 1.68. The summed E-state index contributed by atoms with van der Waals surface area (Å²) >= 11 is 0. The first-order valence-electron chi connectivity index (χ1n) is 5.34. The lowest BCUT2D eigenvalue weighted by Gasteiger charge is -2.01. The van der Waals surface area contributed by atoms with Crippen LogP contribution in [0.15, 0.2) is 34.9 Å². The van der Waals surface area contributed by atoms with Crippen molar-refractivity contribution in [2.45, 2.75) is 19.8 Å². The van der Waals surface area contributed by atoms with E-state index in [9.17, 15) is 0 Å². The Bertz CT molecular complexity index is 459. The Labute approximate surface area is 94.8 Å². The number of aryl methyl sites for hydroxylation is 1. The lowest BCUT2D eigenvalue weighted by Crippen LogP contribution is -1.96. The minimum Gasteiger partial charge on any atom is -0.441 e. The van der Waals surface area contributed by atoms with Crippen LogP contribution in [0.5, 0.6) is 0 Å². The lowest BCUT2D eigenvalue weighted by atomic mass is 10.1. The van der Waals surface area contributed by atoms with Gasteiger partial charge in [0.25, 0.3) is 0 Å². The topological polar surface area (TPSA) is 46.3 Å². The molecule has 3 nitrogen and oxygen atoms in total. The van der Waals surface area contributed by atoms with E-state index in [4.69, 9.17) is 9.52 Å². The van der Waals surface area contributed by atoms with Crippen LogP contribution in [0.4, 0.5) is 0 Å². The number of hydrogen-bond donors (Lipinski definition) is 1. The maximum atomic E-state index is 9.02. The van der Waals surface area contributed by atoms with Crippen molar-refractivity contribution in [3.8, 4) is 11.5 Å². The molecule has 1 aromatic heterocycles. The predicted octanol–water partition coefficient (Wildman–Crippen LogP) is 2.75. The second kappa shape index (κ2) is 4.49. The SMILES string of the molecule is Cc1ccc(-c2ncc(C(C)CO)o2)cc1. The monoisotopic (exact) mass is 217 g/mol. The molecule has 0 radical (unpaired) electrons. The van der Waals surface area contributed by atoms with E-state index in [2.05, 4.69) is 4.98 Å². The zero-order valence-electron chi connectivity index (χ0n) is 9.47. The third-order valence-corrected chi connectivity index (χ3v) is 2.58. The summed E-state index contributed by atoms with van der Waals surface area (Å²) in [5, 5.41) is 9.02. The van der Waals surface area contributed by atoms with Crippen LogP contribution in [-0.2, 0) is 0 Å². The Kier molecular flexibility index (Phi) is 3.06. The molecule has 2 aromatic rings. The maximum absolute atomic E-state index is 9.02. The van der Waals surface area contributed by atoms with Crippen molar-refractivity contribution in [3.05, 3.63) is 41.8 Å². The summed E-state index contributed by atoms with van der Waals surface area (Å²) < 4.78 is 5.59. The van der Waals surface area contributed by atoms with Crippen LogP contribution >= 0.6 is 0 Å². The number of hydrogen-bond acceptors (Lipinski definition) is 3. The van der Waals surface area contributed by atoms with Crippen LogP contribution < -0.4 is 0 Å². The van der Waals surface area contributed by atoms with Crippen LogP contribution in [0, 0.1) is 6.92 Å². The molecule has 0 spiro atoms. The number of rotatable bonds is 3. The van der Waals surface area contributed by atoms with Crippen molar-refractivity contribution < 1.29 is 9.52 Å². The van der Waals surface area contributed by atoms with Crippen molar-refractivity contribution in [2.75, 3.05) is 6.61 Å². The number of nitrogens with zero attached hydrogens (tertiary/aromatic N) is 1. The van der Waals surface area contributed by atoms with E-state index in [0.717, 1.165) is 11.3 Å². The van der Waals surface area contributed by atoms with Gasteiger partial charge in [0.2, 0.25) is 5.89 Å². The molecule has 0 saturated carbocycles. The first kappa shape index (κ1) is 10.9. The fraction of sp³-hybridized carbons (Fsp3) is 0.308. The molecular formula is C13H15NO2. The van der Waals surface area contributed by atoms with E-state index in [1.807, 2.05) is 38.1 Å². The molecule has 1 heterocycles. The highest BCUT2D eigenvalue weighted by atomic mass is 16.4. The Balaban J connectivity index is 2.28. The van der Waals surface area contributed by atoms with Crippen LogP contribution in [0.1, 0.15) is 24.2 Å². The number of aromatic nitrogens is 1. The highest BCUT2D eigenvalue weighted by Crippen LogP contribution is 2.23. The van der Waals surface area contributed by atoms with Gasteiger partial charge in [-0.05, 0) is 19.1 Å². The van der Waals surface area contributed by atoms with Gasteiger partial charge < -0.3 is 9.52 Å². The number of oxazole rings is 1. The third-order valence-electron chi connectivity index (χ3n) is 2.58. The lowest BCUT2D eigenvalue weighted by molar-refractivity contribution is 0.258. The maximum Gasteiger partial charge on any atom is 0.226 e. The largest absolute Gasteiger partial charge is 0.441 e. The molecule has 0 amide bonds. The predicted molar refractivity (Wildman–Crippen MR) is 62.2 cm³/mol. The van der Waals surface area contributed by atoms with Gasteiger partial charge in [-0.3, -0.25) is 0 Å². The van der Waals surface area contributed by atoms with E-state index in [1.54, 1.807) is 6.20 Å². The fourth-order valence-electron chi connectivity index (χ4n) is 1.43. The van der Waals surface area contributed by atoms with E-state index >= 15 is 0 Å². The van der Waals surface area contributed by atoms with Crippen LogP contribution in [0.25, 0.3) is 11.5 Å². The Morgan fingerprint density at radius 1 is 1.31 bits per heavy atom. The molecule has 16 heavy (non-hydrogen) atoms. The molecule has 3 heteroatoms. The molecule has 0 aliphatic heterocycles. The summed E-state index contributed by atoms with van der Waals surface area (Å²) in [5.74, 6) is 1.32. The van der Waals surface area contributed by atoms with Crippen LogP contribution in [0.3, 0.4) is 0 Å². The number of aliphatic hydroxyl groups is 1. The molecule has 0 aliphatic rings. The zero-order valence-corrected chi connectivity index (χ0v) is 9.47. The van der Waals surface area contributed by atoms with Crippen LogP contribution in [0.2, 0.25) is 0 Å². The standard InChI is InChI=1S/C13H15NO2/c1-9-3-5-11(6-4-9)13-14-7-12(16-13)10(2)8-15/h3-7,10,15H,8H2,1-2H3. The van der Waals surface area contributed by atoms with E-state index in [0.29, 0.717) is 5.89 Å². The normalized spacial score (nSPS) is 12.7. The minimum absolute atomic E-state index is 0.00769. The van der Waals surface area contributed by atoms with E-state index in [-0.39, 0.29) is 12.5 Å². The van der Waals surface area contributed by atoms with E-state index in [1.165, 1.54) is 5.56 Å². The third kappa shape index (κ3) is 2.14. The Morgan fingerprint density at radius 3 is 2.62 bits per heavy atom. The summed E-state index contributed by atoms with van der Waals surface area (Å²) in [4.78, 5) is 4.21. The van der Waals surface area contributed by atoms with Crippen LogP contribution in [-0.4, -0.2) is 16.7 Å². The average Bonchev–Trinajstić information content (AvgIpc) is 2.78. The molecule has 1 unspecified atom stereocenters. The smallest absolute Gasteiger partial charge is 0.226 e. The minimum atomic E-state index is -0.00769. The van der Waals surface area contributed by atoms with Gasteiger partial charge in [0, 0.05) is 11.5 Å². The fourth-order valence-corrected chi connectivity index (χ4v) is 1.43. The van der Waals surface area contributed by atoms with E-state index < -0.39 is 0 Å². The van der Waals surface area contributed by atoms with Gasteiger partial charge >= 0.3 is 0 Å². The number of aliphatic hydroxyl groups excluding tert-OH is 1. The summed E-state index contributed by atoms with van der Waals surface area (Å²) in [5.41, 5.74) is 2.17. The van der Waals surface area contributed by atoms with Crippen molar-refractivity contribution in [2.24, 2.45) is 0 Å². The Morgan fingerprint density at radius 2 is 2.00 bits per heavy atom. The van der Waals surface area contributed by atoms with Gasteiger partial charge in [0.15, 0.2) is 0 Å². The zero-order chi connectivity index (χ0) is 11.5. The van der Waals surface area contributed by atoms with Crippen molar-refractivity contribution in [1.29, 1.82) is 0 Å². The molecular weight excluding hydrogens is 202 g/mol. The molecule has 2 rings (SSSR count). The molecule has 0 aliphatic carbocycles. The highest BCUT2D eigenvalue weighted by Gasteiger charge is 2.11. The van der Waals surface area contributed by atoms with Crippen molar-refractivity contribution >= 4 is 0 Å². The van der Waals surface area contributed by atoms with Gasteiger partial charge in [-0.25, -0.2) is 4.98 Å². The summed E-state index contributed by atoms with van der Waals surface area (Å²) in [6.45, 7) is 4.01. The quantitative estimate of drug-likeness (QED) is 0.859. The molecule has 1 N–H and O–H groups in total. The Hall–Kier alpha value is -1.61. The molecule has 0 saturated heterocycles. The van der Waals surface area contributed by atoms with Gasteiger partial charge in [0.05, 0.1) is 12.8 Å². The van der Waals surface area contributed by atoms with Crippen molar-refractivity contribution in [3.63, 3.8) is 0 Å². The van der Waals surface area contributed by atoms with Gasteiger partial charge in [-0.2, -0.15) is 0 Å². The average molecular weight is 217 g/mol. The summed E-state index contributed by atoms with van der Waals surface area (Å²) in [6, 6.07) is 8.01. The first-order chi connectivity index (χ1) is 7.70. The highest BCUT2D eigenvalue weighted by molar-refractivity contribution is 5.53. The number of benzene rings is 1. The van der Waals surface area contributed by atoms with Gasteiger partial charge in [-0.15, -0.1) is 0 Å². The molecule has 1 atom stereocenters. The molecule has 0 bridgehead atoms. The second-order valence-electron chi connectivity index (χ2n) is 4.02.